The second-order valence-corrected chi connectivity index (χ2v) is 6.62. The number of aliphatic hydroxyl groups is 1. The van der Waals surface area contributed by atoms with Crippen LogP contribution in [0.3, 0.4) is 0 Å². The maximum absolute atomic E-state index is 12.1. The molecule has 1 aliphatic carbocycles. The van der Waals surface area contributed by atoms with E-state index in [-0.39, 0.29) is 11.6 Å². The molecule has 0 unspecified atom stereocenters. The lowest BCUT2D eigenvalue weighted by molar-refractivity contribution is 0.0333. The van der Waals surface area contributed by atoms with Crippen molar-refractivity contribution in [2.75, 3.05) is 13.6 Å². The van der Waals surface area contributed by atoms with Gasteiger partial charge in [0.25, 0.3) is 10.0 Å². The van der Waals surface area contributed by atoms with E-state index in [1.54, 1.807) is 0 Å². The molecule has 1 aromatic heterocycles. The quantitative estimate of drug-likeness (QED) is 0.816. The van der Waals surface area contributed by atoms with Crippen LogP contribution in [-0.4, -0.2) is 47.0 Å². The van der Waals surface area contributed by atoms with Crippen LogP contribution in [0.1, 0.15) is 25.7 Å². The number of nitrogens with zero attached hydrogens (tertiary/aromatic N) is 2. The van der Waals surface area contributed by atoms with E-state index in [0.29, 0.717) is 12.8 Å². The summed E-state index contributed by atoms with van der Waals surface area (Å²) in [4.78, 5) is 6.27. The van der Waals surface area contributed by atoms with Gasteiger partial charge in [0.15, 0.2) is 5.03 Å². The lowest BCUT2D eigenvalue weighted by Crippen LogP contribution is -2.42. The maximum atomic E-state index is 12.1. The number of likely N-dealkylation sites (N-methyl/N-ethyl adjacent to an activating group) is 1. The van der Waals surface area contributed by atoms with Gasteiger partial charge >= 0.3 is 0 Å². The summed E-state index contributed by atoms with van der Waals surface area (Å²) < 4.78 is 25.3. The van der Waals surface area contributed by atoms with Gasteiger partial charge in [-0.3, -0.25) is 0 Å². The molecule has 1 aromatic rings. The molecule has 1 heterocycles. The molecule has 0 radical (unpaired) electrons. The zero-order valence-corrected chi connectivity index (χ0v) is 10.6. The van der Waals surface area contributed by atoms with Crippen molar-refractivity contribution in [3.63, 3.8) is 0 Å². The third kappa shape index (κ3) is 2.51. The fourth-order valence-corrected chi connectivity index (χ4v) is 3.38. The minimum absolute atomic E-state index is 0.0570. The molecule has 17 heavy (non-hydrogen) atoms. The van der Waals surface area contributed by atoms with Crippen molar-refractivity contribution in [3.05, 3.63) is 12.5 Å². The number of aromatic nitrogens is 2. The molecule has 2 N–H and O–H groups in total. The van der Waals surface area contributed by atoms with Crippen molar-refractivity contribution in [1.82, 2.24) is 14.3 Å². The maximum Gasteiger partial charge on any atom is 0.259 e. The highest BCUT2D eigenvalue weighted by molar-refractivity contribution is 7.89. The van der Waals surface area contributed by atoms with E-state index in [0.717, 1.165) is 12.8 Å². The molecular weight excluding hydrogens is 242 g/mol. The summed E-state index contributed by atoms with van der Waals surface area (Å²) in [6.07, 6.45) is 5.82. The highest BCUT2D eigenvalue weighted by atomic mass is 32.2. The number of aromatic amines is 1. The summed E-state index contributed by atoms with van der Waals surface area (Å²) in [5.41, 5.74) is -0.873. The van der Waals surface area contributed by atoms with E-state index in [2.05, 4.69) is 9.97 Å². The van der Waals surface area contributed by atoms with Gasteiger partial charge in [-0.2, -0.15) is 4.31 Å². The standard InChI is InChI=1S/C10H17N3O3S/c1-13(7-10(14)4-2-3-5-10)17(15,16)9-6-11-8-12-9/h6,8,14H,2-5,7H2,1H3,(H,11,12). The fourth-order valence-electron chi connectivity index (χ4n) is 2.24. The van der Waals surface area contributed by atoms with Crippen LogP contribution >= 0.6 is 0 Å². The molecule has 2 rings (SSSR count). The van der Waals surface area contributed by atoms with Gasteiger partial charge in [0.1, 0.15) is 0 Å². The van der Waals surface area contributed by atoms with Gasteiger partial charge < -0.3 is 10.1 Å². The minimum atomic E-state index is -3.57. The molecule has 0 atom stereocenters. The van der Waals surface area contributed by atoms with E-state index in [1.165, 1.54) is 23.9 Å². The summed E-state index contributed by atoms with van der Waals surface area (Å²) in [5.74, 6) is 0. The van der Waals surface area contributed by atoms with Crippen LogP contribution < -0.4 is 0 Å². The Morgan fingerprint density at radius 3 is 2.71 bits per heavy atom. The Hall–Kier alpha value is -0.920. The van der Waals surface area contributed by atoms with Crippen molar-refractivity contribution < 1.29 is 13.5 Å². The van der Waals surface area contributed by atoms with Crippen molar-refractivity contribution in [1.29, 1.82) is 0 Å². The van der Waals surface area contributed by atoms with Crippen LogP contribution in [0.2, 0.25) is 0 Å². The summed E-state index contributed by atoms with van der Waals surface area (Å²) in [6, 6.07) is 0. The first kappa shape index (κ1) is 12.5. The van der Waals surface area contributed by atoms with Crippen LogP contribution in [0.5, 0.6) is 0 Å². The SMILES string of the molecule is CN(CC1(O)CCCC1)S(=O)(=O)c1cnc[nH]1. The van der Waals surface area contributed by atoms with Crippen molar-refractivity contribution in [3.8, 4) is 0 Å². The summed E-state index contributed by atoms with van der Waals surface area (Å²) in [6.45, 7) is 0.133. The van der Waals surface area contributed by atoms with Crippen molar-refractivity contribution in [2.45, 2.75) is 36.3 Å². The Morgan fingerprint density at radius 1 is 1.53 bits per heavy atom. The second-order valence-electron chi connectivity index (χ2n) is 4.61. The average Bonchev–Trinajstić information content (AvgIpc) is 2.88. The zero-order valence-electron chi connectivity index (χ0n) is 9.76. The Bertz CT molecular complexity index is 463. The molecule has 7 heteroatoms. The highest BCUT2D eigenvalue weighted by Crippen LogP contribution is 2.30. The lowest BCUT2D eigenvalue weighted by Gasteiger charge is -2.27. The minimum Gasteiger partial charge on any atom is -0.389 e. The number of nitrogens with one attached hydrogen (secondary N) is 1. The first-order valence-corrected chi connectivity index (χ1v) is 7.05. The normalized spacial score (nSPS) is 19.9. The molecular formula is C10H17N3O3S. The monoisotopic (exact) mass is 259 g/mol. The van der Waals surface area contributed by atoms with Crippen molar-refractivity contribution in [2.24, 2.45) is 0 Å². The zero-order chi connectivity index (χ0) is 12.5. The highest BCUT2D eigenvalue weighted by Gasteiger charge is 2.36. The van der Waals surface area contributed by atoms with Crippen LogP contribution in [-0.2, 0) is 10.0 Å². The van der Waals surface area contributed by atoms with E-state index in [9.17, 15) is 13.5 Å². The number of hydrogen-bond acceptors (Lipinski definition) is 4. The molecule has 0 aliphatic heterocycles. The van der Waals surface area contributed by atoms with Gasteiger partial charge in [-0.25, -0.2) is 13.4 Å². The topological polar surface area (TPSA) is 86.3 Å². The number of sulfonamides is 1. The Kier molecular flexibility index (Phi) is 3.24. The summed E-state index contributed by atoms with van der Waals surface area (Å²) >= 11 is 0. The van der Waals surface area contributed by atoms with E-state index in [1.807, 2.05) is 0 Å². The number of H-pyrrole nitrogens is 1. The van der Waals surface area contributed by atoms with E-state index >= 15 is 0 Å². The average molecular weight is 259 g/mol. The number of hydrogen-bond donors (Lipinski definition) is 2. The predicted molar refractivity (Wildman–Crippen MR) is 61.8 cm³/mol. The fraction of sp³-hybridized carbons (Fsp3) is 0.700. The number of rotatable bonds is 4. The lowest BCUT2D eigenvalue weighted by atomic mass is 10.0. The van der Waals surface area contributed by atoms with Crippen LogP contribution in [0.25, 0.3) is 0 Å². The summed E-state index contributed by atoms with van der Waals surface area (Å²) in [7, 11) is -2.09. The van der Waals surface area contributed by atoms with E-state index in [4.69, 9.17) is 0 Å². The Balaban J connectivity index is 2.12. The molecule has 1 saturated carbocycles. The molecule has 1 aliphatic rings. The predicted octanol–water partition coefficient (Wildman–Crippen LogP) is 0.335. The van der Waals surface area contributed by atoms with E-state index < -0.39 is 15.6 Å². The van der Waals surface area contributed by atoms with Gasteiger partial charge in [0.2, 0.25) is 0 Å². The molecule has 0 amide bonds. The van der Waals surface area contributed by atoms with Gasteiger partial charge in [0.05, 0.1) is 18.1 Å². The molecule has 0 bridgehead atoms. The van der Waals surface area contributed by atoms with Gasteiger partial charge in [-0.15, -0.1) is 0 Å². The smallest absolute Gasteiger partial charge is 0.259 e. The van der Waals surface area contributed by atoms with Gasteiger partial charge in [-0.05, 0) is 12.8 Å². The Morgan fingerprint density at radius 2 is 2.18 bits per heavy atom. The van der Waals surface area contributed by atoms with Crippen molar-refractivity contribution >= 4 is 10.0 Å². The molecule has 0 saturated heterocycles. The third-order valence-corrected chi connectivity index (χ3v) is 4.94. The largest absolute Gasteiger partial charge is 0.389 e. The first-order chi connectivity index (χ1) is 7.94. The molecule has 1 fully saturated rings. The number of imidazole rings is 1. The van der Waals surface area contributed by atoms with Gasteiger partial charge in [0, 0.05) is 13.6 Å². The van der Waals surface area contributed by atoms with Crippen LogP contribution in [0, 0.1) is 0 Å². The Labute approximate surface area is 101 Å². The molecule has 0 spiro atoms. The molecule has 6 nitrogen and oxygen atoms in total. The molecule has 0 aromatic carbocycles. The van der Waals surface area contributed by atoms with Gasteiger partial charge in [-0.1, -0.05) is 12.8 Å². The van der Waals surface area contributed by atoms with Crippen LogP contribution in [0.4, 0.5) is 0 Å². The second kappa shape index (κ2) is 4.40. The first-order valence-electron chi connectivity index (χ1n) is 5.61. The van der Waals surface area contributed by atoms with Crippen LogP contribution in [0.15, 0.2) is 17.6 Å². The third-order valence-electron chi connectivity index (χ3n) is 3.21. The molecule has 96 valence electrons. The summed E-state index contributed by atoms with van der Waals surface area (Å²) in [5, 5.41) is 10.2.